The van der Waals surface area contributed by atoms with Gasteiger partial charge >= 0.3 is 30.3 Å². The Morgan fingerprint density at radius 1 is 0.634 bits per heavy atom. The predicted molar refractivity (Wildman–Crippen MR) is 272 cm³/mol. The number of carboxylic acids is 1. The minimum atomic E-state index is -1.51. The lowest BCUT2D eigenvalue weighted by molar-refractivity contribution is -0.145. The first-order valence-corrected chi connectivity index (χ1v) is 24.7. The van der Waals surface area contributed by atoms with Gasteiger partial charge in [0.05, 0.1) is 0 Å². The van der Waals surface area contributed by atoms with Crippen molar-refractivity contribution in [3.8, 4) is 11.1 Å². The summed E-state index contributed by atoms with van der Waals surface area (Å²) < 4.78 is 16.4. The molecule has 15 heteroatoms. The second-order valence-corrected chi connectivity index (χ2v) is 21.5. The number of carboxylic acid groups (broad SMARTS) is 1. The fourth-order valence-corrected chi connectivity index (χ4v) is 10.1. The third-order valence-corrected chi connectivity index (χ3v) is 13.7. The molecule has 3 saturated heterocycles. The third kappa shape index (κ3) is 10.9. The fraction of sp³-hybridized carbons (Fsp3) is 0.464. The lowest BCUT2D eigenvalue weighted by Crippen LogP contribution is -2.60. The van der Waals surface area contributed by atoms with Gasteiger partial charge in [-0.1, -0.05) is 113 Å². The lowest BCUT2D eigenvalue weighted by Gasteiger charge is -2.42. The van der Waals surface area contributed by atoms with Crippen LogP contribution in [0.2, 0.25) is 0 Å². The van der Waals surface area contributed by atoms with E-state index >= 15 is 0 Å². The van der Waals surface area contributed by atoms with Gasteiger partial charge in [-0.2, -0.15) is 4.90 Å². The van der Waals surface area contributed by atoms with Crippen LogP contribution in [0.15, 0.2) is 97.1 Å². The maximum atomic E-state index is 13.7. The molecule has 0 atom stereocenters. The van der Waals surface area contributed by atoms with Crippen molar-refractivity contribution in [2.24, 2.45) is 0 Å². The summed E-state index contributed by atoms with van der Waals surface area (Å²) in [6.45, 7) is 20.6. The quantitative estimate of drug-likeness (QED) is 0.126. The molecule has 4 aromatic rings. The van der Waals surface area contributed by atoms with Crippen LogP contribution in [0.25, 0.3) is 11.1 Å². The highest BCUT2D eigenvalue weighted by molar-refractivity contribution is 6.21. The topological polar surface area (TPSA) is 175 Å². The van der Waals surface area contributed by atoms with E-state index in [0.29, 0.717) is 55.8 Å². The van der Waals surface area contributed by atoms with E-state index in [1.165, 1.54) is 11.1 Å². The van der Waals surface area contributed by atoms with Crippen LogP contribution in [0.3, 0.4) is 0 Å². The van der Waals surface area contributed by atoms with E-state index in [1.54, 1.807) is 41.5 Å². The number of urea groups is 1. The van der Waals surface area contributed by atoms with Gasteiger partial charge in [0.1, 0.15) is 28.9 Å². The fourth-order valence-electron chi connectivity index (χ4n) is 10.1. The number of nitrogens with zero attached hydrogens (tertiary/aromatic N) is 4. The van der Waals surface area contributed by atoms with Crippen molar-refractivity contribution in [2.75, 3.05) is 42.6 Å². The van der Waals surface area contributed by atoms with E-state index in [2.05, 4.69) is 85.3 Å². The number of imide groups is 4. The van der Waals surface area contributed by atoms with Crippen LogP contribution in [0, 0.1) is 0 Å². The van der Waals surface area contributed by atoms with Crippen molar-refractivity contribution in [3.63, 3.8) is 0 Å². The van der Waals surface area contributed by atoms with Crippen molar-refractivity contribution >= 4 is 47.6 Å². The highest BCUT2D eigenvalue weighted by atomic mass is 16.6. The molecule has 0 aromatic heterocycles. The molecule has 0 unspecified atom stereocenters. The summed E-state index contributed by atoms with van der Waals surface area (Å²) in [6, 6.07) is 31.6. The number of hydrogen-bond acceptors (Lipinski definition) is 11. The molecule has 4 aromatic carbocycles. The second-order valence-electron chi connectivity index (χ2n) is 21.5. The number of ether oxygens (including phenoxy) is 3. The van der Waals surface area contributed by atoms with Gasteiger partial charge in [0.15, 0.2) is 0 Å². The van der Waals surface area contributed by atoms with Crippen LogP contribution >= 0.6 is 0 Å². The molecule has 0 saturated carbocycles. The Hall–Kier alpha value is -6.90. The number of nitrogens with one attached hydrogen (secondary N) is 1. The van der Waals surface area contributed by atoms with Crippen molar-refractivity contribution < 1.29 is 48.1 Å². The zero-order valence-corrected chi connectivity index (χ0v) is 42.7. The molecule has 0 radical (unpaired) electrons. The van der Waals surface area contributed by atoms with Crippen molar-refractivity contribution in [2.45, 2.75) is 135 Å². The van der Waals surface area contributed by atoms with Gasteiger partial charge in [-0.05, 0) is 125 Å². The molecule has 4 aliphatic rings. The smallest absolute Gasteiger partial charge is 0.425 e. The van der Waals surface area contributed by atoms with Crippen molar-refractivity contribution in [3.05, 3.63) is 119 Å². The highest BCUT2D eigenvalue weighted by Crippen LogP contribution is 2.45. The van der Waals surface area contributed by atoms with E-state index in [9.17, 15) is 33.9 Å². The molecule has 6 amide bonds. The minimum absolute atomic E-state index is 0.0710. The largest absolute Gasteiger partial charge is 0.480 e. The van der Waals surface area contributed by atoms with Crippen LogP contribution in [0.4, 0.5) is 30.6 Å². The Kier molecular flexibility index (Phi) is 15.0. The second kappa shape index (κ2) is 20.4. The molecule has 2 N–H and O–H groups in total. The van der Waals surface area contributed by atoms with Crippen LogP contribution in [-0.2, 0) is 23.8 Å². The number of benzene rings is 4. The zero-order valence-electron chi connectivity index (χ0n) is 42.7. The van der Waals surface area contributed by atoms with E-state index in [1.807, 2.05) is 54.6 Å². The number of alkyl carbamates (subject to hydrolysis) is 1. The van der Waals surface area contributed by atoms with Gasteiger partial charge in [-0.25, -0.2) is 28.9 Å². The molecule has 8 rings (SSSR count). The first-order chi connectivity index (χ1) is 33.5. The van der Waals surface area contributed by atoms with Gasteiger partial charge < -0.3 is 34.4 Å². The number of amides is 6. The summed E-state index contributed by atoms with van der Waals surface area (Å²) in [5.41, 5.74) is 4.48. The first-order valence-electron chi connectivity index (χ1n) is 24.7. The van der Waals surface area contributed by atoms with Crippen molar-refractivity contribution in [1.29, 1.82) is 0 Å². The average molecular weight is 972 g/mol. The van der Waals surface area contributed by atoms with Gasteiger partial charge in [0.25, 0.3) is 5.91 Å². The Morgan fingerprint density at radius 3 is 1.51 bits per heavy atom. The molecule has 378 valence electrons. The van der Waals surface area contributed by atoms with Gasteiger partial charge in [-0.3, -0.25) is 4.79 Å². The summed E-state index contributed by atoms with van der Waals surface area (Å²) in [5, 5.41) is 12.8. The van der Waals surface area contributed by atoms with E-state index in [4.69, 9.17) is 14.2 Å². The maximum Gasteiger partial charge on any atom is 0.425 e. The number of anilines is 2. The molecular formula is C56H69N5O10. The van der Waals surface area contributed by atoms with Crippen LogP contribution in [-0.4, -0.2) is 106 Å². The number of carbonyl (C=O) groups is 6. The molecule has 1 aliphatic carbocycles. The van der Waals surface area contributed by atoms with Gasteiger partial charge in [0, 0.05) is 43.5 Å². The van der Waals surface area contributed by atoms with E-state index < -0.39 is 58.5 Å². The Bertz CT molecular complexity index is 2600. The van der Waals surface area contributed by atoms with E-state index in [-0.39, 0.29) is 25.4 Å². The summed E-state index contributed by atoms with van der Waals surface area (Å²) in [7, 11) is 0. The third-order valence-electron chi connectivity index (χ3n) is 13.7. The number of fused-ring (bicyclic) bond motifs is 3. The van der Waals surface area contributed by atoms with Crippen molar-refractivity contribution in [1.82, 2.24) is 15.1 Å². The number of piperidine rings is 2. The molecule has 0 bridgehead atoms. The number of rotatable bonds is 8. The van der Waals surface area contributed by atoms with Crippen LogP contribution in [0.1, 0.15) is 135 Å². The minimum Gasteiger partial charge on any atom is -0.480 e. The standard InChI is InChI=1S/C30H32N2O4.C26H37N3O6/c1-20(2)21-9-7-8-14-27(21)32-17-15-30(16-18-32,28(33)34)31-29(35)36-19-26-24-12-5-3-10-22(24)23-11-4-6-13-25(23)26;1-17(2)18-11-9-10-12-19(18)27-15-13-26(14-16-27)20(30)28(22(32)34-24(3,4)5)21(31)29(26)23(33)35-25(6,7)8/h3-14,20,26H,15-19H2,1-2H3,(H,31,35)(H,33,34);9-12,17H,13-16H2,1-8H3. The molecular weight excluding hydrogens is 903 g/mol. The molecule has 3 aliphatic heterocycles. The number of carbonyl (C=O) groups excluding carboxylic acids is 5. The average Bonchev–Trinajstić information content (AvgIpc) is 3.74. The SMILES string of the molecule is CC(C)c1ccccc1N1CCC(NC(=O)OCC2c3ccccc3-c3ccccc32)(C(=O)O)CC1.CC(C)c1ccccc1N1CCC2(CC1)C(=O)N(C(=O)OC(C)(C)C)C(=O)N2C(=O)OC(C)(C)C. The van der Waals surface area contributed by atoms with E-state index in [0.717, 1.165) is 38.5 Å². The summed E-state index contributed by atoms with van der Waals surface area (Å²) in [5.74, 6) is -1.17. The van der Waals surface area contributed by atoms with Gasteiger partial charge in [0.2, 0.25) is 0 Å². The number of aliphatic carboxylic acids is 1. The molecule has 1 spiro atoms. The van der Waals surface area contributed by atoms with Gasteiger partial charge in [-0.15, -0.1) is 0 Å². The van der Waals surface area contributed by atoms with Crippen LogP contribution < -0.4 is 15.1 Å². The Labute approximate surface area is 417 Å². The first kappa shape index (κ1) is 51.9. The normalized spacial score (nSPS) is 17.4. The Morgan fingerprint density at radius 2 is 1.06 bits per heavy atom. The monoisotopic (exact) mass is 972 g/mol. The molecule has 15 nitrogen and oxygen atoms in total. The zero-order chi connectivity index (χ0) is 51.6. The number of para-hydroxylation sites is 2. The number of hydrogen-bond donors (Lipinski definition) is 2. The Balaban J connectivity index is 0.000000209. The summed E-state index contributed by atoms with van der Waals surface area (Å²) in [4.78, 5) is 83.9. The summed E-state index contributed by atoms with van der Waals surface area (Å²) in [6.07, 6.45) is -1.78. The lowest BCUT2D eigenvalue weighted by atomic mass is 9.85. The molecule has 3 fully saturated rings. The molecule has 71 heavy (non-hydrogen) atoms. The summed E-state index contributed by atoms with van der Waals surface area (Å²) >= 11 is 0. The van der Waals surface area contributed by atoms with Crippen LogP contribution in [0.5, 0.6) is 0 Å². The highest BCUT2D eigenvalue weighted by Gasteiger charge is 2.64. The maximum absolute atomic E-state index is 13.7. The molecule has 3 heterocycles. The predicted octanol–water partition coefficient (Wildman–Crippen LogP) is 11.1.